The minimum absolute atomic E-state index is 0.000461. The number of morpholine rings is 1. The highest BCUT2D eigenvalue weighted by atomic mass is 16.7. The molecule has 0 unspecified atom stereocenters. The summed E-state index contributed by atoms with van der Waals surface area (Å²) in [4.78, 5) is 15.3. The Labute approximate surface area is 169 Å². The second-order valence-electron chi connectivity index (χ2n) is 7.37. The van der Waals surface area contributed by atoms with Crippen LogP contribution in [-0.4, -0.2) is 61.2 Å². The summed E-state index contributed by atoms with van der Waals surface area (Å²) >= 11 is 0. The predicted molar refractivity (Wildman–Crippen MR) is 107 cm³/mol. The Bertz CT molecular complexity index is 925. The highest BCUT2D eigenvalue weighted by Crippen LogP contribution is 2.39. The molecule has 0 aromatic heterocycles. The molecule has 7 nitrogen and oxygen atoms in total. The van der Waals surface area contributed by atoms with Crippen molar-refractivity contribution in [3.63, 3.8) is 0 Å². The minimum Gasteiger partial charge on any atom is -0.454 e. The number of amides is 1. The molecule has 5 rings (SSSR count). The standard InChI is InChI=1S/C22H23N3O4/c26-22(14-24-8-10-27-11-9-24)25-19(13-18(23-25)16-4-2-1-3-5-16)17-6-7-20-21(12-17)29-15-28-20/h1-7,12,19H,8-11,13-15H2/t19-/m1/s1. The van der Waals surface area contributed by atoms with Crippen LogP contribution in [-0.2, 0) is 9.53 Å². The molecule has 1 saturated heterocycles. The van der Waals surface area contributed by atoms with E-state index in [1.54, 1.807) is 5.01 Å². The normalized spacial score (nSPS) is 21.3. The van der Waals surface area contributed by atoms with E-state index in [0.29, 0.717) is 26.2 Å². The number of nitrogens with zero attached hydrogens (tertiary/aromatic N) is 3. The molecular formula is C22H23N3O4. The van der Waals surface area contributed by atoms with Crippen LogP contribution in [0.4, 0.5) is 0 Å². The summed E-state index contributed by atoms with van der Waals surface area (Å²) in [5, 5.41) is 6.39. The van der Waals surface area contributed by atoms with Crippen LogP contribution in [0.1, 0.15) is 23.6 Å². The van der Waals surface area contributed by atoms with E-state index in [2.05, 4.69) is 4.90 Å². The van der Waals surface area contributed by atoms with E-state index >= 15 is 0 Å². The molecule has 0 bridgehead atoms. The van der Waals surface area contributed by atoms with Gasteiger partial charge >= 0.3 is 0 Å². The van der Waals surface area contributed by atoms with E-state index in [1.807, 2.05) is 48.5 Å². The first-order chi connectivity index (χ1) is 14.3. The van der Waals surface area contributed by atoms with Gasteiger partial charge in [-0.2, -0.15) is 5.10 Å². The number of hydrazone groups is 1. The highest BCUT2D eigenvalue weighted by molar-refractivity contribution is 6.03. The molecule has 0 N–H and O–H groups in total. The first kappa shape index (κ1) is 18.1. The van der Waals surface area contributed by atoms with Gasteiger partial charge in [0, 0.05) is 19.5 Å². The van der Waals surface area contributed by atoms with Gasteiger partial charge in [-0.05, 0) is 23.3 Å². The molecule has 3 heterocycles. The topological polar surface area (TPSA) is 63.6 Å². The van der Waals surface area contributed by atoms with E-state index < -0.39 is 0 Å². The Morgan fingerprint density at radius 3 is 2.66 bits per heavy atom. The van der Waals surface area contributed by atoms with Crippen molar-refractivity contribution in [3.8, 4) is 11.5 Å². The van der Waals surface area contributed by atoms with Crippen molar-refractivity contribution in [2.75, 3.05) is 39.6 Å². The lowest BCUT2D eigenvalue weighted by atomic mass is 9.98. The van der Waals surface area contributed by atoms with Gasteiger partial charge in [-0.15, -0.1) is 0 Å². The van der Waals surface area contributed by atoms with Crippen LogP contribution in [0.2, 0.25) is 0 Å². The van der Waals surface area contributed by atoms with Crippen molar-refractivity contribution in [3.05, 3.63) is 59.7 Å². The lowest BCUT2D eigenvalue weighted by Gasteiger charge is -2.29. The van der Waals surface area contributed by atoms with Crippen LogP contribution in [0.25, 0.3) is 0 Å². The fourth-order valence-electron chi connectivity index (χ4n) is 3.95. The Morgan fingerprint density at radius 1 is 1.03 bits per heavy atom. The van der Waals surface area contributed by atoms with Gasteiger partial charge < -0.3 is 14.2 Å². The smallest absolute Gasteiger partial charge is 0.257 e. The van der Waals surface area contributed by atoms with Gasteiger partial charge in [0.2, 0.25) is 6.79 Å². The molecule has 7 heteroatoms. The van der Waals surface area contributed by atoms with Crippen molar-refractivity contribution in [2.45, 2.75) is 12.5 Å². The second-order valence-corrected chi connectivity index (χ2v) is 7.37. The third-order valence-electron chi connectivity index (χ3n) is 5.52. The molecule has 1 amide bonds. The molecule has 0 aliphatic carbocycles. The maximum absolute atomic E-state index is 13.2. The number of fused-ring (bicyclic) bond motifs is 1. The lowest BCUT2D eigenvalue weighted by molar-refractivity contribution is -0.135. The van der Waals surface area contributed by atoms with E-state index in [0.717, 1.165) is 41.4 Å². The van der Waals surface area contributed by atoms with Gasteiger partial charge in [0.25, 0.3) is 5.91 Å². The van der Waals surface area contributed by atoms with Crippen molar-refractivity contribution in [2.24, 2.45) is 5.10 Å². The zero-order chi connectivity index (χ0) is 19.6. The van der Waals surface area contributed by atoms with Crippen LogP contribution >= 0.6 is 0 Å². The summed E-state index contributed by atoms with van der Waals surface area (Å²) in [5.74, 6) is 1.46. The molecule has 29 heavy (non-hydrogen) atoms. The van der Waals surface area contributed by atoms with Crippen molar-refractivity contribution < 1.29 is 19.0 Å². The molecule has 1 atom stereocenters. The Kier molecular flexibility index (Phi) is 4.91. The van der Waals surface area contributed by atoms with E-state index in [-0.39, 0.29) is 18.7 Å². The van der Waals surface area contributed by atoms with Gasteiger partial charge in [-0.1, -0.05) is 36.4 Å². The molecule has 2 aromatic carbocycles. The summed E-state index contributed by atoms with van der Waals surface area (Å²) < 4.78 is 16.4. The first-order valence-corrected chi connectivity index (χ1v) is 9.92. The van der Waals surface area contributed by atoms with E-state index in [4.69, 9.17) is 19.3 Å². The summed E-state index contributed by atoms with van der Waals surface area (Å²) in [5.41, 5.74) is 2.96. The zero-order valence-electron chi connectivity index (χ0n) is 16.1. The number of hydrogen-bond donors (Lipinski definition) is 0. The van der Waals surface area contributed by atoms with Crippen LogP contribution in [0.3, 0.4) is 0 Å². The summed E-state index contributed by atoms with van der Waals surface area (Å²) in [6.45, 7) is 3.44. The summed E-state index contributed by atoms with van der Waals surface area (Å²) in [6, 6.07) is 15.7. The molecule has 0 radical (unpaired) electrons. The van der Waals surface area contributed by atoms with Crippen LogP contribution in [0, 0.1) is 0 Å². The monoisotopic (exact) mass is 393 g/mol. The zero-order valence-corrected chi connectivity index (χ0v) is 16.1. The van der Waals surface area contributed by atoms with Crippen LogP contribution in [0.5, 0.6) is 11.5 Å². The lowest BCUT2D eigenvalue weighted by Crippen LogP contribution is -2.43. The first-order valence-electron chi connectivity index (χ1n) is 9.92. The molecule has 150 valence electrons. The molecule has 3 aliphatic heterocycles. The van der Waals surface area contributed by atoms with Gasteiger partial charge in [-0.3, -0.25) is 9.69 Å². The Balaban J connectivity index is 1.43. The number of ether oxygens (including phenoxy) is 3. The average Bonchev–Trinajstić information content (AvgIpc) is 3.42. The maximum atomic E-state index is 13.2. The fourth-order valence-corrected chi connectivity index (χ4v) is 3.95. The molecule has 3 aliphatic rings. The Morgan fingerprint density at radius 2 is 1.83 bits per heavy atom. The third-order valence-corrected chi connectivity index (χ3v) is 5.52. The molecule has 2 aromatic rings. The second kappa shape index (κ2) is 7.85. The van der Waals surface area contributed by atoms with E-state index in [9.17, 15) is 4.79 Å². The van der Waals surface area contributed by atoms with Crippen molar-refractivity contribution in [1.82, 2.24) is 9.91 Å². The minimum atomic E-state index is -0.159. The van der Waals surface area contributed by atoms with Gasteiger partial charge in [0.05, 0.1) is 31.5 Å². The summed E-state index contributed by atoms with van der Waals surface area (Å²) in [6.07, 6.45) is 0.665. The van der Waals surface area contributed by atoms with Crippen LogP contribution < -0.4 is 9.47 Å². The van der Waals surface area contributed by atoms with Gasteiger partial charge in [-0.25, -0.2) is 5.01 Å². The SMILES string of the molecule is O=C(CN1CCOCC1)N1N=C(c2ccccc2)C[C@@H]1c1ccc2c(c1)OCO2. The quantitative estimate of drug-likeness (QED) is 0.798. The third kappa shape index (κ3) is 3.71. The van der Waals surface area contributed by atoms with Crippen LogP contribution in [0.15, 0.2) is 53.6 Å². The van der Waals surface area contributed by atoms with Gasteiger partial charge in [0.15, 0.2) is 11.5 Å². The largest absolute Gasteiger partial charge is 0.454 e. The van der Waals surface area contributed by atoms with E-state index in [1.165, 1.54) is 0 Å². The average molecular weight is 393 g/mol. The van der Waals surface area contributed by atoms with Crippen molar-refractivity contribution in [1.29, 1.82) is 0 Å². The highest BCUT2D eigenvalue weighted by Gasteiger charge is 2.34. The number of carbonyl (C=O) groups is 1. The number of hydrogen-bond acceptors (Lipinski definition) is 6. The molecular weight excluding hydrogens is 370 g/mol. The van der Waals surface area contributed by atoms with Gasteiger partial charge in [0.1, 0.15) is 0 Å². The Hall–Kier alpha value is -2.90. The fraction of sp³-hybridized carbons (Fsp3) is 0.364. The number of carbonyl (C=O) groups excluding carboxylic acids is 1. The maximum Gasteiger partial charge on any atom is 0.257 e. The summed E-state index contributed by atoms with van der Waals surface area (Å²) in [7, 11) is 0. The number of rotatable bonds is 4. The molecule has 0 saturated carbocycles. The molecule has 1 fully saturated rings. The molecule has 0 spiro atoms. The van der Waals surface area contributed by atoms with Crippen molar-refractivity contribution >= 4 is 11.6 Å². The predicted octanol–water partition coefficient (Wildman–Crippen LogP) is 2.43. The number of benzene rings is 2.